The average molecular weight is 338 g/mol. The quantitative estimate of drug-likeness (QED) is 0.887. The van der Waals surface area contributed by atoms with Gasteiger partial charge in [-0.1, -0.05) is 28.8 Å². The molecule has 0 bridgehead atoms. The van der Waals surface area contributed by atoms with Crippen LogP contribution in [-0.2, 0) is 11.3 Å². The molecule has 0 unspecified atom stereocenters. The summed E-state index contributed by atoms with van der Waals surface area (Å²) in [6.07, 6.45) is 1.48. The zero-order valence-electron chi connectivity index (χ0n) is 13.0. The lowest BCUT2D eigenvalue weighted by Gasteiger charge is -2.39. The number of benzene rings is 1. The lowest BCUT2D eigenvalue weighted by atomic mass is 9.92. The summed E-state index contributed by atoms with van der Waals surface area (Å²) in [6, 6.07) is 7.66. The van der Waals surface area contributed by atoms with E-state index in [1.807, 2.05) is 24.3 Å². The minimum atomic E-state index is -0.443. The van der Waals surface area contributed by atoms with Crippen LogP contribution in [0.2, 0.25) is 5.02 Å². The van der Waals surface area contributed by atoms with Crippen molar-refractivity contribution in [3.05, 3.63) is 34.9 Å². The Morgan fingerprint density at radius 2 is 2.13 bits per heavy atom. The molecule has 23 heavy (non-hydrogen) atoms. The predicted molar refractivity (Wildman–Crippen MR) is 86.6 cm³/mol. The number of rotatable bonds is 5. The molecule has 0 spiro atoms. The van der Waals surface area contributed by atoms with Crippen LogP contribution < -0.4 is 4.90 Å². The highest BCUT2D eigenvalue weighted by Gasteiger charge is 2.35. The van der Waals surface area contributed by atoms with E-state index in [1.165, 1.54) is 0 Å². The Kier molecular flexibility index (Phi) is 4.79. The highest BCUT2D eigenvalue weighted by Crippen LogP contribution is 2.27. The second-order valence-corrected chi connectivity index (χ2v) is 6.24. The predicted octanol–water partition coefficient (Wildman–Crippen LogP) is 1.35. The Bertz CT molecular complexity index is 649. The standard InChI is InChI=1S/C15H20ClN5O2/c1-23-15(11-22)5-7-20(8-6-15)14-17-18-19-21(14)10-12-3-2-4-13(16)9-12/h2-4,9,22H,5-8,10-11H2,1H3. The first-order valence-corrected chi connectivity index (χ1v) is 7.95. The van der Waals surface area contributed by atoms with E-state index in [-0.39, 0.29) is 6.61 Å². The van der Waals surface area contributed by atoms with Crippen molar-refractivity contribution >= 4 is 17.5 Å². The average Bonchev–Trinajstić information content (AvgIpc) is 3.03. The first-order chi connectivity index (χ1) is 11.2. The second-order valence-electron chi connectivity index (χ2n) is 5.80. The number of aliphatic hydroxyl groups excluding tert-OH is 1. The maximum Gasteiger partial charge on any atom is 0.245 e. The normalized spacial score (nSPS) is 17.4. The van der Waals surface area contributed by atoms with Gasteiger partial charge >= 0.3 is 0 Å². The number of tetrazole rings is 1. The Morgan fingerprint density at radius 3 is 2.78 bits per heavy atom. The van der Waals surface area contributed by atoms with Crippen molar-refractivity contribution in [3.8, 4) is 0 Å². The van der Waals surface area contributed by atoms with E-state index < -0.39 is 5.60 Å². The number of piperidine rings is 1. The Balaban J connectivity index is 1.72. The van der Waals surface area contributed by atoms with Crippen molar-refractivity contribution in [3.63, 3.8) is 0 Å². The molecule has 2 heterocycles. The molecule has 1 fully saturated rings. The molecular weight excluding hydrogens is 318 g/mol. The number of halogens is 1. The van der Waals surface area contributed by atoms with Gasteiger partial charge in [-0.15, -0.1) is 0 Å². The fraction of sp³-hybridized carbons (Fsp3) is 0.533. The molecule has 1 aliphatic rings. The summed E-state index contributed by atoms with van der Waals surface area (Å²) >= 11 is 6.03. The molecule has 7 nitrogen and oxygen atoms in total. The Labute approximate surface area is 139 Å². The zero-order valence-corrected chi connectivity index (χ0v) is 13.8. The van der Waals surface area contributed by atoms with E-state index in [0.717, 1.165) is 37.4 Å². The third-order valence-electron chi connectivity index (χ3n) is 4.41. The van der Waals surface area contributed by atoms with E-state index in [2.05, 4.69) is 20.4 Å². The van der Waals surface area contributed by atoms with Crippen molar-refractivity contribution < 1.29 is 9.84 Å². The third-order valence-corrected chi connectivity index (χ3v) is 4.65. The molecule has 1 aliphatic heterocycles. The number of hydrogen-bond donors (Lipinski definition) is 1. The molecule has 1 aromatic heterocycles. The van der Waals surface area contributed by atoms with Crippen LogP contribution in [0.1, 0.15) is 18.4 Å². The van der Waals surface area contributed by atoms with Crippen LogP contribution in [0.25, 0.3) is 0 Å². The summed E-state index contributed by atoms with van der Waals surface area (Å²) < 4.78 is 7.25. The van der Waals surface area contributed by atoms with Gasteiger partial charge in [0.15, 0.2) is 0 Å². The molecule has 1 saturated heterocycles. The van der Waals surface area contributed by atoms with Gasteiger partial charge in [0.1, 0.15) is 0 Å². The van der Waals surface area contributed by atoms with Gasteiger partial charge in [-0.25, -0.2) is 4.68 Å². The van der Waals surface area contributed by atoms with Crippen LogP contribution in [0.4, 0.5) is 5.95 Å². The summed E-state index contributed by atoms with van der Waals surface area (Å²) in [6.45, 7) is 2.08. The molecule has 0 saturated carbocycles. The van der Waals surface area contributed by atoms with Gasteiger partial charge in [0.25, 0.3) is 0 Å². The lowest BCUT2D eigenvalue weighted by Crippen LogP contribution is -2.48. The number of ether oxygens (including phenoxy) is 1. The maximum absolute atomic E-state index is 9.53. The highest BCUT2D eigenvalue weighted by molar-refractivity contribution is 6.30. The second kappa shape index (κ2) is 6.82. The molecule has 3 rings (SSSR count). The minimum absolute atomic E-state index is 0.0325. The Hall–Kier alpha value is -1.70. The highest BCUT2D eigenvalue weighted by atomic mass is 35.5. The number of methoxy groups -OCH3 is 1. The number of hydrogen-bond acceptors (Lipinski definition) is 6. The van der Waals surface area contributed by atoms with Gasteiger partial charge in [0, 0.05) is 25.2 Å². The van der Waals surface area contributed by atoms with E-state index >= 15 is 0 Å². The van der Waals surface area contributed by atoms with Crippen molar-refractivity contribution in [1.29, 1.82) is 0 Å². The monoisotopic (exact) mass is 337 g/mol. The van der Waals surface area contributed by atoms with Crippen LogP contribution in [0.3, 0.4) is 0 Å². The van der Waals surface area contributed by atoms with E-state index in [0.29, 0.717) is 11.6 Å². The largest absolute Gasteiger partial charge is 0.393 e. The van der Waals surface area contributed by atoms with Crippen LogP contribution in [-0.4, -0.2) is 57.7 Å². The molecule has 124 valence electrons. The summed E-state index contributed by atoms with van der Waals surface area (Å²) in [5.74, 6) is 0.729. The molecule has 0 amide bonds. The number of aromatic nitrogens is 4. The van der Waals surface area contributed by atoms with E-state index in [9.17, 15) is 5.11 Å². The molecule has 2 aromatic rings. The number of nitrogens with zero attached hydrogens (tertiary/aromatic N) is 5. The van der Waals surface area contributed by atoms with Crippen molar-refractivity contribution in [2.45, 2.75) is 25.0 Å². The molecular formula is C15H20ClN5O2. The molecule has 1 N–H and O–H groups in total. The fourth-order valence-electron chi connectivity index (χ4n) is 2.88. The van der Waals surface area contributed by atoms with Crippen LogP contribution >= 0.6 is 11.6 Å². The van der Waals surface area contributed by atoms with Gasteiger partial charge < -0.3 is 14.7 Å². The summed E-state index contributed by atoms with van der Waals surface area (Å²) in [7, 11) is 1.65. The number of anilines is 1. The van der Waals surface area contributed by atoms with Crippen LogP contribution in [0.5, 0.6) is 0 Å². The van der Waals surface area contributed by atoms with Crippen LogP contribution in [0.15, 0.2) is 24.3 Å². The topological polar surface area (TPSA) is 76.3 Å². The van der Waals surface area contributed by atoms with E-state index in [4.69, 9.17) is 16.3 Å². The van der Waals surface area contributed by atoms with Crippen molar-refractivity contribution in [2.75, 3.05) is 31.7 Å². The minimum Gasteiger partial charge on any atom is -0.393 e. The third kappa shape index (κ3) is 3.46. The van der Waals surface area contributed by atoms with Gasteiger partial charge in [-0.2, -0.15) is 0 Å². The molecule has 0 atom stereocenters. The fourth-order valence-corrected chi connectivity index (χ4v) is 3.09. The molecule has 0 radical (unpaired) electrons. The summed E-state index contributed by atoms with van der Waals surface area (Å²) in [4.78, 5) is 2.12. The SMILES string of the molecule is COC1(CO)CCN(c2nnnn2Cc2cccc(Cl)c2)CC1. The number of aliphatic hydroxyl groups is 1. The first-order valence-electron chi connectivity index (χ1n) is 7.57. The Morgan fingerprint density at radius 1 is 1.35 bits per heavy atom. The summed E-state index contributed by atoms with van der Waals surface area (Å²) in [5, 5.41) is 22.3. The smallest absolute Gasteiger partial charge is 0.245 e. The zero-order chi connectivity index (χ0) is 16.3. The lowest BCUT2D eigenvalue weighted by molar-refractivity contribution is -0.0674. The van der Waals surface area contributed by atoms with Gasteiger partial charge in [-0.05, 0) is 41.0 Å². The molecule has 1 aromatic carbocycles. The first kappa shape index (κ1) is 16.2. The van der Waals surface area contributed by atoms with Gasteiger partial charge in [0.2, 0.25) is 5.95 Å². The summed E-state index contributed by atoms with van der Waals surface area (Å²) in [5.41, 5.74) is 0.603. The maximum atomic E-state index is 9.53. The molecule has 8 heteroatoms. The van der Waals surface area contributed by atoms with Gasteiger partial charge in [-0.3, -0.25) is 0 Å². The van der Waals surface area contributed by atoms with Crippen molar-refractivity contribution in [1.82, 2.24) is 20.2 Å². The van der Waals surface area contributed by atoms with Gasteiger partial charge in [0.05, 0.1) is 18.8 Å². The van der Waals surface area contributed by atoms with Crippen molar-refractivity contribution in [2.24, 2.45) is 0 Å². The van der Waals surface area contributed by atoms with E-state index in [1.54, 1.807) is 11.8 Å². The molecule has 0 aliphatic carbocycles. The van der Waals surface area contributed by atoms with Crippen LogP contribution in [0, 0.1) is 0 Å².